The summed E-state index contributed by atoms with van der Waals surface area (Å²) in [5, 5.41) is 11.1. The maximum atomic E-state index is 12.4. The van der Waals surface area contributed by atoms with E-state index in [1.807, 2.05) is 0 Å². The van der Waals surface area contributed by atoms with E-state index in [0.29, 0.717) is 21.7 Å². The van der Waals surface area contributed by atoms with Gasteiger partial charge < -0.3 is 9.84 Å². The molecule has 0 aliphatic rings. The van der Waals surface area contributed by atoms with E-state index < -0.39 is 6.61 Å². The van der Waals surface area contributed by atoms with E-state index >= 15 is 0 Å². The number of rotatable bonds is 4. The predicted octanol–water partition coefficient (Wildman–Crippen LogP) is 6.02. The van der Waals surface area contributed by atoms with Gasteiger partial charge in [-0.1, -0.05) is 41.4 Å². The number of aromatic nitrogens is 1. The lowest BCUT2D eigenvalue weighted by Gasteiger charge is -2.08. The first kappa shape index (κ1) is 17.5. The average Bonchev–Trinajstić information content (AvgIpc) is 2.58. The minimum Gasteiger partial charge on any atom is -0.504 e. The predicted molar refractivity (Wildman–Crippen MR) is 95.4 cm³/mol. The normalized spacial score (nSPS) is 11.6. The molecule has 1 N–H and O–H groups in total. The van der Waals surface area contributed by atoms with Crippen LogP contribution in [0.4, 0.5) is 8.78 Å². The summed E-state index contributed by atoms with van der Waals surface area (Å²) in [5.41, 5.74) is 1.22. The second-order valence-corrected chi connectivity index (χ2v) is 5.89. The molecule has 0 spiro atoms. The van der Waals surface area contributed by atoms with Crippen molar-refractivity contribution in [1.29, 1.82) is 0 Å². The molecule has 0 bridgehead atoms. The number of halogens is 4. The Morgan fingerprint density at radius 1 is 1.04 bits per heavy atom. The fourth-order valence-corrected chi connectivity index (χ4v) is 2.82. The molecule has 0 aliphatic heterocycles. The van der Waals surface area contributed by atoms with Gasteiger partial charge in [-0.3, -0.25) is 0 Å². The summed E-state index contributed by atoms with van der Waals surface area (Å²) in [7, 11) is 0. The standard InChI is InChI=1S/C18H11Cl2F2NO2/c19-13-9-14(20)17(24)16-12(13)8-7-11(23-16)6-5-10-3-1-2-4-15(10)25-18(21)22/h1-9,18,24H/b6-5+. The molecule has 0 saturated heterocycles. The molecule has 0 amide bonds. The Hall–Kier alpha value is -2.37. The fourth-order valence-electron chi connectivity index (χ4n) is 2.31. The number of fused-ring (bicyclic) bond motifs is 1. The molecule has 0 fully saturated rings. The van der Waals surface area contributed by atoms with Crippen LogP contribution in [0.1, 0.15) is 11.3 Å². The third kappa shape index (κ3) is 3.83. The molecule has 3 nitrogen and oxygen atoms in total. The lowest BCUT2D eigenvalue weighted by atomic mass is 10.1. The smallest absolute Gasteiger partial charge is 0.387 e. The Morgan fingerprint density at radius 3 is 2.56 bits per heavy atom. The SMILES string of the molecule is Oc1c(Cl)cc(Cl)c2ccc(/C=C/c3ccccc3OC(F)F)nc12. The van der Waals surface area contributed by atoms with Gasteiger partial charge >= 0.3 is 6.61 Å². The molecule has 128 valence electrons. The number of phenols is 1. The van der Waals surface area contributed by atoms with Gasteiger partial charge in [0.25, 0.3) is 0 Å². The van der Waals surface area contributed by atoms with Gasteiger partial charge in [-0.05, 0) is 36.4 Å². The number of pyridine rings is 1. The Bertz CT molecular complexity index is 961. The van der Waals surface area contributed by atoms with Gasteiger partial charge in [0.1, 0.15) is 11.3 Å². The van der Waals surface area contributed by atoms with Crippen molar-refractivity contribution in [2.45, 2.75) is 6.61 Å². The second-order valence-electron chi connectivity index (χ2n) is 5.07. The maximum Gasteiger partial charge on any atom is 0.387 e. The summed E-state index contributed by atoms with van der Waals surface area (Å²) in [6.45, 7) is -2.91. The molecule has 0 unspecified atom stereocenters. The van der Waals surface area contributed by atoms with E-state index in [1.54, 1.807) is 42.5 Å². The van der Waals surface area contributed by atoms with Gasteiger partial charge in [-0.25, -0.2) is 4.98 Å². The van der Waals surface area contributed by atoms with E-state index in [-0.39, 0.29) is 22.0 Å². The van der Waals surface area contributed by atoms with Crippen LogP contribution < -0.4 is 4.74 Å². The van der Waals surface area contributed by atoms with Gasteiger partial charge in [0.2, 0.25) is 0 Å². The molecule has 0 saturated carbocycles. The van der Waals surface area contributed by atoms with Crippen molar-refractivity contribution in [1.82, 2.24) is 4.98 Å². The molecule has 1 heterocycles. The molecule has 0 aliphatic carbocycles. The van der Waals surface area contributed by atoms with Crippen LogP contribution in [0.15, 0.2) is 42.5 Å². The monoisotopic (exact) mass is 381 g/mol. The molecule has 0 radical (unpaired) electrons. The van der Waals surface area contributed by atoms with E-state index in [2.05, 4.69) is 9.72 Å². The maximum absolute atomic E-state index is 12.4. The third-order valence-electron chi connectivity index (χ3n) is 3.45. The lowest BCUT2D eigenvalue weighted by Crippen LogP contribution is -2.02. The van der Waals surface area contributed by atoms with Crippen LogP contribution in [0.25, 0.3) is 23.1 Å². The van der Waals surface area contributed by atoms with Crippen LogP contribution in [0.3, 0.4) is 0 Å². The fraction of sp³-hybridized carbons (Fsp3) is 0.0556. The number of nitrogens with zero attached hydrogens (tertiary/aromatic N) is 1. The van der Waals surface area contributed by atoms with Crippen LogP contribution in [-0.2, 0) is 0 Å². The van der Waals surface area contributed by atoms with E-state index in [4.69, 9.17) is 23.2 Å². The first-order valence-corrected chi connectivity index (χ1v) is 7.91. The van der Waals surface area contributed by atoms with Crippen molar-refractivity contribution in [3.05, 3.63) is 63.8 Å². The molecule has 3 aromatic rings. The summed E-state index contributed by atoms with van der Waals surface area (Å²) in [5.74, 6) is -0.110. The highest BCUT2D eigenvalue weighted by molar-refractivity contribution is 6.39. The van der Waals surface area contributed by atoms with Crippen molar-refractivity contribution in [2.24, 2.45) is 0 Å². The number of hydrogen-bond donors (Lipinski definition) is 1. The third-order valence-corrected chi connectivity index (χ3v) is 4.05. The average molecular weight is 382 g/mol. The van der Waals surface area contributed by atoms with E-state index in [0.717, 1.165) is 0 Å². The number of phenolic OH excluding ortho intramolecular Hbond substituents is 1. The molecular weight excluding hydrogens is 371 g/mol. The largest absolute Gasteiger partial charge is 0.504 e. The zero-order chi connectivity index (χ0) is 18.0. The molecule has 3 rings (SSSR count). The lowest BCUT2D eigenvalue weighted by molar-refractivity contribution is -0.0499. The minimum absolute atomic E-state index is 0.0588. The number of hydrogen-bond acceptors (Lipinski definition) is 3. The summed E-state index contributed by atoms with van der Waals surface area (Å²) >= 11 is 12.0. The van der Waals surface area contributed by atoms with Gasteiger partial charge in [0, 0.05) is 10.9 Å². The first-order valence-electron chi connectivity index (χ1n) is 7.15. The highest BCUT2D eigenvalue weighted by Crippen LogP contribution is 2.36. The topological polar surface area (TPSA) is 42.4 Å². The Kier molecular flexibility index (Phi) is 5.06. The molecular formula is C18H11Cl2F2NO2. The highest BCUT2D eigenvalue weighted by atomic mass is 35.5. The molecule has 1 aromatic heterocycles. The Balaban J connectivity index is 1.99. The quantitative estimate of drug-likeness (QED) is 0.600. The number of benzene rings is 2. The van der Waals surface area contributed by atoms with Gasteiger partial charge in [0.15, 0.2) is 5.75 Å². The van der Waals surface area contributed by atoms with Crippen molar-refractivity contribution < 1.29 is 18.6 Å². The molecule has 0 atom stereocenters. The van der Waals surface area contributed by atoms with Crippen molar-refractivity contribution in [2.75, 3.05) is 0 Å². The Morgan fingerprint density at radius 2 is 1.80 bits per heavy atom. The zero-order valence-electron chi connectivity index (χ0n) is 12.6. The van der Waals surface area contributed by atoms with Gasteiger partial charge in [-0.2, -0.15) is 8.78 Å². The number of aromatic hydroxyl groups is 1. The molecule has 7 heteroatoms. The van der Waals surface area contributed by atoms with Crippen molar-refractivity contribution in [3.63, 3.8) is 0 Å². The van der Waals surface area contributed by atoms with Crippen molar-refractivity contribution >= 4 is 46.3 Å². The van der Waals surface area contributed by atoms with Gasteiger partial charge in [0.05, 0.1) is 15.7 Å². The number of ether oxygens (including phenoxy) is 1. The van der Waals surface area contributed by atoms with Crippen LogP contribution in [0, 0.1) is 0 Å². The van der Waals surface area contributed by atoms with Crippen LogP contribution in [-0.4, -0.2) is 16.7 Å². The molecule has 25 heavy (non-hydrogen) atoms. The van der Waals surface area contributed by atoms with Crippen LogP contribution in [0.5, 0.6) is 11.5 Å². The minimum atomic E-state index is -2.91. The highest BCUT2D eigenvalue weighted by Gasteiger charge is 2.11. The Labute approximate surface area is 152 Å². The first-order chi connectivity index (χ1) is 12.0. The van der Waals surface area contributed by atoms with Crippen LogP contribution in [0.2, 0.25) is 10.0 Å². The number of alkyl halides is 2. The summed E-state index contributed by atoms with van der Waals surface area (Å²) in [6.07, 6.45) is 3.20. The molecule has 2 aromatic carbocycles. The summed E-state index contributed by atoms with van der Waals surface area (Å²) in [4.78, 5) is 4.31. The second kappa shape index (κ2) is 7.25. The zero-order valence-corrected chi connectivity index (χ0v) is 14.1. The van der Waals surface area contributed by atoms with Crippen LogP contribution >= 0.6 is 23.2 Å². The van der Waals surface area contributed by atoms with E-state index in [1.165, 1.54) is 12.1 Å². The summed E-state index contributed by atoms with van der Waals surface area (Å²) < 4.78 is 29.4. The summed E-state index contributed by atoms with van der Waals surface area (Å²) in [6, 6.07) is 11.2. The number of para-hydroxylation sites is 1. The van der Waals surface area contributed by atoms with Crippen molar-refractivity contribution in [3.8, 4) is 11.5 Å². The van der Waals surface area contributed by atoms with E-state index in [9.17, 15) is 13.9 Å². The van der Waals surface area contributed by atoms with Gasteiger partial charge in [-0.15, -0.1) is 0 Å².